The summed E-state index contributed by atoms with van der Waals surface area (Å²) in [5.74, 6) is -0.529. The summed E-state index contributed by atoms with van der Waals surface area (Å²) < 4.78 is 14.7. The molecule has 0 saturated carbocycles. The lowest BCUT2D eigenvalue weighted by atomic mass is 9.98. The van der Waals surface area contributed by atoms with E-state index < -0.39 is 23.7 Å². The molecule has 6 nitrogen and oxygen atoms in total. The molecule has 1 saturated heterocycles. The molecule has 0 spiro atoms. The van der Waals surface area contributed by atoms with Crippen LogP contribution in [0.5, 0.6) is 0 Å². The van der Waals surface area contributed by atoms with Crippen molar-refractivity contribution in [3.05, 3.63) is 0 Å². The molecule has 0 aliphatic carbocycles. The second-order valence-electron chi connectivity index (χ2n) is 4.94. The molecule has 17 heavy (non-hydrogen) atoms. The number of ether oxygens (including phenoxy) is 3. The Hall–Kier alpha value is -1.30. The van der Waals surface area contributed by atoms with Crippen molar-refractivity contribution >= 4 is 12.1 Å². The Balaban J connectivity index is 2.54. The van der Waals surface area contributed by atoms with Gasteiger partial charge in [0.05, 0.1) is 20.3 Å². The fourth-order valence-electron chi connectivity index (χ4n) is 1.38. The Kier molecular flexibility index (Phi) is 4.34. The highest BCUT2D eigenvalue weighted by Crippen LogP contribution is 2.17. The van der Waals surface area contributed by atoms with Crippen molar-refractivity contribution in [2.45, 2.75) is 32.4 Å². The lowest BCUT2D eigenvalue weighted by Crippen LogP contribution is -2.53. The van der Waals surface area contributed by atoms with E-state index in [0.717, 1.165) is 0 Å². The highest BCUT2D eigenvalue weighted by Gasteiger charge is 2.36. The van der Waals surface area contributed by atoms with Gasteiger partial charge in [-0.15, -0.1) is 0 Å². The predicted molar refractivity (Wildman–Crippen MR) is 59.5 cm³/mol. The maximum Gasteiger partial charge on any atom is 0.408 e. The molecule has 1 fully saturated rings. The molecule has 0 bridgehead atoms. The third kappa shape index (κ3) is 4.22. The van der Waals surface area contributed by atoms with Crippen molar-refractivity contribution in [2.24, 2.45) is 5.92 Å². The molecule has 98 valence electrons. The molecule has 6 heteroatoms. The lowest BCUT2D eigenvalue weighted by molar-refractivity contribution is -0.150. The lowest BCUT2D eigenvalue weighted by Gasteiger charge is -2.32. The summed E-state index contributed by atoms with van der Waals surface area (Å²) >= 11 is 0. The molecular formula is C11H19NO5. The number of amides is 1. The monoisotopic (exact) mass is 245 g/mol. The standard InChI is InChI=1S/C11H19NO5/c1-11(2,3)17-10(14)12-8(9(13)15-4)7-5-16-6-7/h7-8H,5-6H2,1-4H3,(H,12,14)/t8-/m1/s1. The van der Waals surface area contributed by atoms with Crippen molar-refractivity contribution in [3.8, 4) is 0 Å². The van der Waals surface area contributed by atoms with Gasteiger partial charge in [0, 0.05) is 5.92 Å². The highest BCUT2D eigenvalue weighted by molar-refractivity contribution is 5.81. The normalized spacial score (nSPS) is 17.9. The molecule has 0 aromatic carbocycles. The molecule has 1 aliphatic rings. The number of esters is 1. The smallest absolute Gasteiger partial charge is 0.408 e. The van der Waals surface area contributed by atoms with Gasteiger partial charge in [-0.25, -0.2) is 9.59 Å². The van der Waals surface area contributed by atoms with E-state index in [-0.39, 0.29) is 5.92 Å². The zero-order valence-electron chi connectivity index (χ0n) is 10.6. The van der Waals surface area contributed by atoms with Crippen LogP contribution < -0.4 is 5.32 Å². The SMILES string of the molecule is COC(=O)[C@H](NC(=O)OC(C)(C)C)C1COC1. The van der Waals surface area contributed by atoms with Crippen LogP contribution in [0, 0.1) is 5.92 Å². The van der Waals surface area contributed by atoms with Crippen LogP contribution >= 0.6 is 0 Å². The summed E-state index contributed by atoms with van der Waals surface area (Å²) in [6.07, 6.45) is -0.625. The Morgan fingerprint density at radius 3 is 2.29 bits per heavy atom. The Morgan fingerprint density at radius 1 is 1.35 bits per heavy atom. The zero-order valence-corrected chi connectivity index (χ0v) is 10.6. The Bertz CT molecular complexity index is 293. The molecule has 1 heterocycles. The minimum Gasteiger partial charge on any atom is -0.467 e. The van der Waals surface area contributed by atoms with Crippen molar-refractivity contribution < 1.29 is 23.8 Å². The van der Waals surface area contributed by atoms with E-state index in [0.29, 0.717) is 13.2 Å². The molecule has 1 N–H and O–H groups in total. The van der Waals surface area contributed by atoms with E-state index in [9.17, 15) is 9.59 Å². The van der Waals surface area contributed by atoms with Gasteiger partial charge < -0.3 is 19.5 Å². The zero-order chi connectivity index (χ0) is 13.1. The average molecular weight is 245 g/mol. The number of methoxy groups -OCH3 is 1. The fourth-order valence-corrected chi connectivity index (χ4v) is 1.38. The number of nitrogens with one attached hydrogen (secondary N) is 1. The van der Waals surface area contributed by atoms with E-state index in [1.165, 1.54) is 7.11 Å². The first-order valence-electron chi connectivity index (χ1n) is 5.48. The molecule has 1 rings (SSSR count). The third-order valence-corrected chi connectivity index (χ3v) is 2.26. The largest absolute Gasteiger partial charge is 0.467 e. The molecule has 1 atom stereocenters. The summed E-state index contributed by atoms with van der Waals surface area (Å²) in [5, 5.41) is 2.51. The van der Waals surface area contributed by atoms with Crippen LogP contribution in [0.3, 0.4) is 0 Å². The number of alkyl carbamates (subject to hydrolysis) is 1. The van der Waals surface area contributed by atoms with Gasteiger partial charge in [0.25, 0.3) is 0 Å². The minimum atomic E-state index is -0.705. The first kappa shape index (κ1) is 13.8. The summed E-state index contributed by atoms with van der Waals surface area (Å²) in [6, 6.07) is -0.705. The Morgan fingerprint density at radius 2 is 1.94 bits per heavy atom. The molecule has 0 unspecified atom stereocenters. The van der Waals surface area contributed by atoms with Crippen LogP contribution in [0.15, 0.2) is 0 Å². The van der Waals surface area contributed by atoms with Gasteiger partial charge in [0.2, 0.25) is 0 Å². The van der Waals surface area contributed by atoms with E-state index in [4.69, 9.17) is 9.47 Å². The van der Waals surface area contributed by atoms with Crippen molar-refractivity contribution in [3.63, 3.8) is 0 Å². The van der Waals surface area contributed by atoms with Crippen LogP contribution in [0.1, 0.15) is 20.8 Å². The Labute approximate surface area is 101 Å². The molecular weight excluding hydrogens is 226 g/mol. The quantitative estimate of drug-likeness (QED) is 0.741. The summed E-state index contributed by atoms with van der Waals surface area (Å²) in [6.45, 7) is 6.15. The maximum absolute atomic E-state index is 11.6. The van der Waals surface area contributed by atoms with E-state index in [1.54, 1.807) is 20.8 Å². The van der Waals surface area contributed by atoms with Gasteiger partial charge in [-0.05, 0) is 20.8 Å². The highest BCUT2D eigenvalue weighted by atomic mass is 16.6. The summed E-state index contributed by atoms with van der Waals surface area (Å²) in [7, 11) is 1.28. The van der Waals surface area contributed by atoms with Gasteiger partial charge in [0.15, 0.2) is 0 Å². The van der Waals surface area contributed by atoms with Crippen LogP contribution in [0.25, 0.3) is 0 Å². The first-order chi connectivity index (χ1) is 7.83. The first-order valence-corrected chi connectivity index (χ1v) is 5.48. The third-order valence-electron chi connectivity index (χ3n) is 2.26. The van der Waals surface area contributed by atoms with Crippen molar-refractivity contribution in [1.29, 1.82) is 0 Å². The van der Waals surface area contributed by atoms with Gasteiger partial charge in [0.1, 0.15) is 11.6 Å². The molecule has 0 radical (unpaired) electrons. The van der Waals surface area contributed by atoms with E-state index in [2.05, 4.69) is 10.1 Å². The van der Waals surface area contributed by atoms with E-state index in [1.807, 2.05) is 0 Å². The topological polar surface area (TPSA) is 73.9 Å². The van der Waals surface area contributed by atoms with Gasteiger partial charge in [-0.2, -0.15) is 0 Å². The van der Waals surface area contributed by atoms with Crippen molar-refractivity contribution in [1.82, 2.24) is 5.32 Å². The minimum absolute atomic E-state index is 0.0463. The van der Waals surface area contributed by atoms with Crippen LogP contribution in [0.2, 0.25) is 0 Å². The van der Waals surface area contributed by atoms with Gasteiger partial charge in [-0.1, -0.05) is 0 Å². The second kappa shape index (κ2) is 5.35. The second-order valence-corrected chi connectivity index (χ2v) is 4.94. The number of carbonyl (C=O) groups is 2. The molecule has 0 aromatic heterocycles. The van der Waals surface area contributed by atoms with Crippen LogP contribution in [-0.2, 0) is 19.0 Å². The number of hydrogen-bond donors (Lipinski definition) is 1. The number of rotatable bonds is 3. The van der Waals surface area contributed by atoms with Crippen LogP contribution in [-0.4, -0.2) is 44.0 Å². The average Bonchev–Trinajstić information content (AvgIpc) is 2.09. The summed E-state index contributed by atoms with van der Waals surface area (Å²) in [5.41, 5.74) is -0.596. The van der Waals surface area contributed by atoms with Gasteiger partial charge in [-0.3, -0.25) is 0 Å². The fraction of sp³-hybridized carbons (Fsp3) is 0.818. The molecule has 1 amide bonds. The van der Waals surface area contributed by atoms with Gasteiger partial charge >= 0.3 is 12.1 Å². The maximum atomic E-state index is 11.6. The number of carbonyl (C=O) groups excluding carboxylic acids is 2. The summed E-state index contributed by atoms with van der Waals surface area (Å²) in [4.78, 5) is 23.1. The predicted octanol–water partition coefficient (Wildman–Crippen LogP) is 0.699. The number of hydrogen-bond acceptors (Lipinski definition) is 5. The molecule has 1 aliphatic heterocycles. The molecule has 0 aromatic rings. The van der Waals surface area contributed by atoms with Crippen molar-refractivity contribution in [2.75, 3.05) is 20.3 Å². The van der Waals surface area contributed by atoms with Crippen LogP contribution in [0.4, 0.5) is 4.79 Å². The van der Waals surface area contributed by atoms with E-state index >= 15 is 0 Å².